The van der Waals surface area contributed by atoms with Crippen LogP contribution >= 0.6 is 0 Å². The van der Waals surface area contributed by atoms with Gasteiger partial charge in [0.2, 0.25) is 6.43 Å². The molecule has 0 bridgehead atoms. The second-order valence-corrected chi connectivity index (χ2v) is 5.03. The molecule has 1 N–H and O–H groups in total. The van der Waals surface area contributed by atoms with E-state index >= 15 is 0 Å². The Kier molecular flexibility index (Phi) is 4.99. The number of hydrogen-bond acceptors (Lipinski definition) is 2. The Hall–Kier alpha value is -1.14. The van der Waals surface area contributed by atoms with Gasteiger partial charge in [0.1, 0.15) is 0 Å². The van der Waals surface area contributed by atoms with E-state index in [1.807, 2.05) is 0 Å². The average molecular weight is 290 g/mol. The number of nitrogens with zero attached hydrogens (tertiary/aromatic N) is 1. The first-order chi connectivity index (χ1) is 9.50. The highest BCUT2D eigenvalue weighted by Gasteiger charge is 2.28. The van der Waals surface area contributed by atoms with Gasteiger partial charge in [-0.25, -0.2) is 17.6 Å². The number of alkyl halides is 2. The van der Waals surface area contributed by atoms with E-state index in [4.69, 9.17) is 0 Å². The van der Waals surface area contributed by atoms with Crippen LogP contribution in [0.25, 0.3) is 0 Å². The molecule has 2 rings (SSSR count). The topological polar surface area (TPSA) is 15.3 Å². The Labute approximate surface area is 115 Å². The molecule has 0 aromatic heterocycles. The number of piperazine rings is 1. The van der Waals surface area contributed by atoms with Crippen LogP contribution in [0, 0.1) is 18.6 Å². The van der Waals surface area contributed by atoms with Crippen molar-refractivity contribution in [3.05, 3.63) is 34.9 Å². The number of rotatable bonds is 4. The van der Waals surface area contributed by atoms with Crippen molar-refractivity contribution in [2.45, 2.75) is 25.8 Å². The molecule has 0 radical (unpaired) electrons. The Morgan fingerprint density at radius 3 is 2.40 bits per heavy atom. The number of aryl methyl sites for hydroxylation is 1. The van der Waals surface area contributed by atoms with Crippen molar-refractivity contribution in [3.8, 4) is 0 Å². The molecule has 1 aromatic carbocycles. The number of nitrogens with one attached hydrogen (secondary N) is 1. The van der Waals surface area contributed by atoms with Crippen LogP contribution in [0.4, 0.5) is 17.6 Å². The van der Waals surface area contributed by atoms with Gasteiger partial charge in [-0.3, -0.25) is 4.90 Å². The molecule has 0 unspecified atom stereocenters. The molecule has 20 heavy (non-hydrogen) atoms. The molecule has 1 fully saturated rings. The first-order valence-electron chi connectivity index (χ1n) is 6.68. The zero-order chi connectivity index (χ0) is 14.7. The van der Waals surface area contributed by atoms with Gasteiger partial charge < -0.3 is 5.32 Å². The lowest BCUT2D eigenvalue weighted by atomic mass is 9.99. The van der Waals surface area contributed by atoms with E-state index in [-0.39, 0.29) is 11.1 Å². The predicted molar refractivity (Wildman–Crippen MR) is 68.9 cm³/mol. The van der Waals surface area contributed by atoms with E-state index in [2.05, 4.69) is 5.32 Å². The molecule has 1 aromatic rings. The fraction of sp³-hybridized carbons (Fsp3) is 0.571. The monoisotopic (exact) mass is 290 g/mol. The first-order valence-corrected chi connectivity index (χ1v) is 6.68. The molecule has 0 spiro atoms. The van der Waals surface area contributed by atoms with E-state index in [9.17, 15) is 17.6 Å². The summed E-state index contributed by atoms with van der Waals surface area (Å²) in [5, 5.41) is 3.11. The normalized spacial score (nSPS) is 18.5. The highest BCUT2D eigenvalue weighted by molar-refractivity contribution is 5.28. The van der Waals surface area contributed by atoms with Crippen LogP contribution in [0.1, 0.15) is 23.6 Å². The summed E-state index contributed by atoms with van der Waals surface area (Å²) in [5.74, 6) is -1.95. The van der Waals surface area contributed by atoms with Crippen molar-refractivity contribution in [2.75, 3.05) is 26.2 Å². The van der Waals surface area contributed by atoms with Gasteiger partial charge in [-0.15, -0.1) is 0 Å². The number of halogens is 4. The molecular weight excluding hydrogens is 272 g/mol. The van der Waals surface area contributed by atoms with Crippen LogP contribution in [0.5, 0.6) is 0 Å². The van der Waals surface area contributed by atoms with Crippen LogP contribution in [0.2, 0.25) is 0 Å². The maximum Gasteiger partial charge on any atom is 0.240 e. The van der Waals surface area contributed by atoms with E-state index in [1.165, 1.54) is 19.1 Å². The fourth-order valence-corrected chi connectivity index (χ4v) is 2.55. The lowest BCUT2D eigenvalue weighted by Crippen LogP contribution is -2.45. The Morgan fingerprint density at radius 1 is 1.15 bits per heavy atom. The maximum absolute atomic E-state index is 14.1. The van der Waals surface area contributed by atoms with E-state index in [1.54, 1.807) is 4.90 Å². The Balaban J connectivity index is 2.32. The van der Waals surface area contributed by atoms with Crippen molar-refractivity contribution in [1.82, 2.24) is 10.2 Å². The summed E-state index contributed by atoms with van der Waals surface area (Å²) in [6.07, 6.45) is -3.04. The number of hydrogen-bond donors (Lipinski definition) is 1. The third-order valence-electron chi connectivity index (χ3n) is 3.66. The standard InChI is InChI=1S/C14H18F4N2/c1-9-2-3-10(14(18)13(9)17)11(8-12(15)16)20-6-4-19-5-7-20/h2-3,11-12,19H,4-8H2,1H3/t11-/m1/s1. The van der Waals surface area contributed by atoms with E-state index < -0.39 is 30.5 Å². The van der Waals surface area contributed by atoms with Gasteiger partial charge in [0.15, 0.2) is 11.6 Å². The van der Waals surface area contributed by atoms with Gasteiger partial charge in [-0.05, 0) is 12.5 Å². The minimum Gasteiger partial charge on any atom is -0.314 e. The van der Waals surface area contributed by atoms with E-state index in [0.717, 1.165) is 0 Å². The molecule has 1 aliphatic rings. The molecule has 1 heterocycles. The number of benzene rings is 1. The predicted octanol–water partition coefficient (Wildman–Crippen LogP) is 2.87. The van der Waals surface area contributed by atoms with Crippen molar-refractivity contribution in [2.24, 2.45) is 0 Å². The van der Waals surface area contributed by atoms with Gasteiger partial charge in [-0.1, -0.05) is 12.1 Å². The third kappa shape index (κ3) is 3.30. The first kappa shape index (κ1) is 15.3. The highest BCUT2D eigenvalue weighted by atomic mass is 19.3. The molecule has 0 saturated carbocycles. The van der Waals surface area contributed by atoms with Crippen LogP contribution in [0.3, 0.4) is 0 Å². The van der Waals surface area contributed by atoms with Crippen LogP contribution in [0.15, 0.2) is 12.1 Å². The molecule has 6 heteroatoms. The molecule has 2 nitrogen and oxygen atoms in total. The summed E-state index contributed by atoms with van der Waals surface area (Å²) >= 11 is 0. The van der Waals surface area contributed by atoms with E-state index in [0.29, 0.717) is 26.2 Å². The second kappa shape index (κ2) is 6.54. The van der Waals surface area contributed by atoms with Crippen molar-refractivity contribution in [3.63, 3.8) is 0 Å². The summed E-state index contributed by atoms with van der Waals surface area (Å²) < 4.78 is 53.3. The second-order valence-electron chi connectivity index (χ2n) is 5.03. The van der Waals surface area contributed by atoms with Crippen LogP contribution in [-0.2, 0) is 0 Å². The molecule has 1 aliphatic heterocycles. The Bertz CT molecular complexity index is 459. The van der Waals surface area contributed by atoms with Gasteiger partial charge in [-0.2, -0.15) is 0 Å². The fourth-order valence-electron chi connectivity index (χ4n) is 2.55. The molecule has 112 valence electrons. The highest BCUT2D eigenvalue weighted by Crippen LogP contribution is 2.31. The summed E-state index contributed by atoms with van der Waals surface area (Å²) in [6.45, 7) is 3.87. The minimum atomic E-state index is -2.56. The summed E-state index contributed by atoms with van der Waals surface area (Å²) in [5.41, 5.74) is 0.206. The lowest BCUT2D eigenvalue weighted by molar-refractivity contribution is 0.0722. The molecule has 0 aliphatic carbocycles. The molecular formula is C14H18F4N2. The van der Waals surface area contributed by atoms with Crippen LogP contribution < -0.4 is 5.32 Å². The third-order valence-corrected chi connectivity index (χ3v) is 3.66. The Morgan fingerprint density at radius 2 is 1.80 bits per heavy atom. The maximum atomic E-state index is 14.1. The lowest BCUT2D eigenvalue weighted by Gasteiger charge is -2.35. The van der Waals surface area contributed by atoms with Gasteiger partial charge in [0.05, 0.1) is 0 Å². The van der Waals surface area contributed by atoms with Gasteiger partial charge in [0.25, 0.3) is 0 Å². The van der Waals surface area contributed by atoms with Gasteiger partial charge >= 0.3 is 0 Å². The SMILES string of the molecule is Cc1ccc([C@@H](CC(F)F)N2CCNCC2)c(F)c1F. The summed E-state index contributed by atoms with van der Waals surface area (Å²) in [7, 11) is 0. The van der Waals surface area contributed by atoms with Gasteiger partial charge in [0, 0.05) is 44.2 Å². The molecule has 1 atom stereocenters. The zero-order valence-corrected chi connectivity index (χ0v) is 11.3. The average Bonchev–Trinajstić information content (AvgIpc) is 2.44. The van der Waals surface area contributed by atoms with Crippen molar-refractivity contribution >= 4 is 0 Å². The molecule has 0 amide bonds. The van der Waals surface area contributed by atoms with Crippen molar-refractivity contribution < 1.29 is 17.6 Å². The molecule has 1 saturated heterocycles. The quantitative estimate of drug-likeness (QED) is 0.858. The largest absolute Gasteiger partial charge is 0.314 e. The minimum absolute atomic E-state index is 0.0234. The summed E-state index contributed by atoms with van der Waals surface area (Å²) in [4.78, 5) is 1.79. The zero-order valence-electron chi connectivity index (χ0n) is 11.3. The summed E-state index contributed by atoms with van der Waals surface area (Å²) in [6, 6.07) is 2.07. The van der Waals surface area contributed by atoms with Crippen molar-refractivity contribution in [1.29, 1.82) is 0 Å². The smallest absolute Gasteiger partial charge is 0.240 e. The van der Waals surface area contributed by atoms with Crippen LogP contribution in [-0.4, -0.2) is 37.5 Å².